The van der Waals surface area contributed by atoms with Crippen molar-refractivity contribution in [2.45, 2.75) is 13.8 Å². The van der Waals surface area contributed by atoms with Crippen LogP contribution in [0.15, 0.2) is 62.4 Å². The molecule has 0 fully saturated rings. The van der Waals surface area contributed by atoms with Crippen molar-refractivity contribution in [3.8, 4) is 22.8 Å². The third-order valence-electron chi connectivity index (χ3n) is 4.17. The first-order valence-corrected chi connectivity index (χ1v) is 10.5. The standard InChI is InChI=1S/C21H22BrN3O2S/c1-5-23-21-25(18(13-28-21)15-6-9-17(22)10-7-15)24-14(2)16-8-11-19(26-3)20(12-16)27-4/h6-13H,5H2,1-4H3. The molecule has 0 aliphatic carbocycles. The first-order valence-electron chi connectivity index (χ1n) is 8.82. The van der Waals surface area contributed by atoms with E-state index in [0.29, 0.717) is 18.0 Å². The van der Waals surface area contributed by atoms with Crippen LogP contribution in [0.4, 0.5) is 0 Å². The minimum absolute atomic E-state index is 0.677. The van der Waals surface area contributed by atoms with Crippen molar-refractivity contribution in [2.24, 2.45) is 10.1 Å². The minimum Gasteiger partial charge on any atom is -0.493 e. The first-order chi connectivity index (χ1) is 13.6. The van der Waals surface area contributed by atoms with Crippen molar-refractivity contribution in [1.29, 1.82) is 0 Å². The molecule has 0 saturated heterocycles. The average Bonchev–Trinajstić information content (AvgIpc) is 3.10. The van der Waals surface area contributed by atoms with Gasteiger partial charge in [0, 0.05) is 27.5 Å². The molecule has 0 saturated carbocycles. The molecule has 7 heteroatoms. The van der Waals surface area contributed by atoms with Crippen LogP contribution in [0, 0.1) is 0 Å². The predicted octanol–water partition coefficient (Wildman–Crippen LogP) is 5.19. The maximum Gasteiger partial charge on any atom is 0.206 e. The molecule has 0 bridgehead atoms. The fourth-order valence-corrected chi connectivity index (χ4v) is 3.89. The van der Waals surface area contributed by atoms with Gasteiger partial charge in [-0.3, -0.25) is 4.99 Å². The Bertz CT molecular complexity index is 1050. The lowest BCUT2D eigenvalue weighted by atomic mass is 10.1. The third kappa shape index (κ3) is 4.36. The number of nitrogens with zero attached hydrogens (tertiary/aromatic N) is 3. The Morgan fingerprint density at radius 1 is 1.07 bits per heavy atom. The van der Waals surface area contributed by atoms with E-state index in [1.807, 2.05) is 48.9 Å². The van der Waals surface area contributed by atoms with Crippen LogP contribution in [-0.2, 0) is 0 Å². The number of rotatable bonds is 6. The van der Waals surface area contributed by atoms with Gasteiger partial charge in [-0.1, -0.05) is 28.1 Å². The Balaban J connectivity index is 2.11. The molecular formula is C21H22BrN3O2S. The number of aromatic nitrogens is 1. The van der Waals surface area contributed by atoms with Crippen LogP contribution in [-0.4, -0.2) is 31.2 Å². The lowest BCUT2D eigenvalue weighted by Crippen LogP contribution is -2.14. The summed E-state index contributed by atoms with van der Waals surface area (Å²) in [4.78, 5) is 5.46. The summed E-state index contributed by atoms with van der Waals surface area (Å²) in [7, 11) is 3.26. The topological polar surface area (TPSA) is 48.1 Å². The summed E-state index contributed by atoms with van der Waals surface area (Å²) >= 11 is 5.07. The number of methoxy groups -OCH3 is 2. The molecule has 1 aromatic heterocycles. The molecule has 1 heterocycles. The number of thiazole rings is 1. The Labute approximate surface area is 177 Å². The van der Waals surface area contributed by atoms with Crippen molar-refractivity contribution < 1.29 is 9.47 Å². The second-order valence-corrected chi connectivity index (χ2v) is 7.70. The van der Waals surface area contributed by atoms with Crippen LogP contribution < -0.4 is 14.3 Å². The highest BCUT2D eigenvalue weighted by Crippen LogP contribution is 2.28. The quantitative estimate of drug-likeness (QED) is 0.476. The molecule has 0 radical (unpaired) electrons. The molecule has 146 valence electrons. The molecule has 5 nitrogen and oxygen atoms in total. The molecule has 0 spiro atoms. The van der Waals surface area contributed by atoms with E-state index in [0.717, 1.165) is 31.8 Å². The number of hydrogen-bond donors (Lipinski definition) is 0. The summed E-state index contributed by atoms with van der Waals surface area (Å²) in [5.41, 5.74) is 3.90. The average molecular weight is 460 g/mol. The van der Waals surface area contributed by atoms with Gasteiger partial charge < -0.3 is 9.47 Å². The molecule has 0 amide bonds. The zero-order valence-corrected chi connectivity index (χ0v) is 18.7. The third-order valence-corrected chi connectivity index (χ3v) is 5.55. The van der Waals surface area contributed by atoms with Crippen molar-refractivity contribution in [3.63, 3.8) is 0 Å². The molecule has 2 aromatic carbocycles. The predicted molar refractivity (Wildman–Crippen MR) is 119 cm³/mol. The second-order valence-electron chi connectivity index (χ2n) is 5.95. The Morgan fingerprint density at radius 2 is 1.79 bits per heavy atom. The molecule has 0 aliphatic rings. The zero-order valence-electron chi connectivity index (χ0n) is 16.3. The monoisotopic (exact) mass is 459 g/mol. The van der Waals surface area contributed by atoms with Crippen molar-refractivity contribution in [2.75, 3.05) is 20.8 Å². The van der Waals surface area contributed by atoms with E-state index in [1.54, 1.807) is 25.6 Å². The summed E-state index contributed by atoms with van der Waals surface area (Å²) in [6.45, 7) is 4.70. The van der Waals surface area contributed by atoms with Gasteiger partial charge >= 0.3 is 0 Å². The highest BCUT2D eigenvalue weighted by molar-refractivity contribution is 9.10. The van der Waals surface area contributed by atoms with Crippen LogP contribution in [0.3, 0.4) is 0 Å². The molecule has 0 unspecified atom stereocenters. The van der Waals surface area contributed by atoms with Crippen molar-refractivity contribution in [1.82, 2.24) is 4.68 Å². The maximum atomic E-state index is 5.42. The van der Waals surface area contributed by atoms with E-state index in [1.165, 1.54) is 0 Å². The van der Waals surface area contributed by atoms with Gasteiger partial charge in [-0.15, -0.1) is 11.3 Å². The highest BCUT2D eigenvalue weighted by Gasteiger charge is 2.10. The molecule has 3 aromatic rings. The molecule has 0 N–H and O–H groups in total. The van der Waals surface area contributed by atoms with Gasteiger partial charge in [0.1, 0.15) is 0 Å². The van der Waals surface area contributed by atoms with Crippen LogP contribution in [0.5, 0.6) is 11.5 Å². The van der Waals surface area contributed by atoms with Crippen LogP contribution >= 0.6 is 27.3 Å². The van der Waals surface area contributed by atoms with Gasteiger partial charge in [0.2, 0.25) is 4.80 Å². The lowest BCUT2D eigenvalue weighted by Gasteiger charge is -2.10. The number of hydrogen-bond acceptors (Lipinski definition) is 5. The van der Waals surface area contributed by atoms with Gasteiger partial charge in [0.15, 0.2) is 11.5 Å². The van der Waals surface area contributed by atoms with E-state index >= 15 is 0 Å². The zero-order chi connectivity index (χ0) is 20.1. The number of ether oxygens (including phenoxy) is 2. The largest absolute Gasteiger partial charge is 0.493 e. The van der Waals surface area contributed by atoms with Crippen LogP contribution in [0.25, 0.3) is 11.3 Å². The van der Waals surface area contributed by atoms with E-state index < -0.39 is 0 Å². The highest BCUT2D eigenvalue weighted by atomic mass is 79.9. The van der Waals surface area contributed by atoms with Gasteiger partial charge in [-0.25, -0.2) is 4.68 Å². The summed E-state index contributed by atoms with van der Waals surface area (Å²) in [6.07, 6.45) is 0. The Hall–Kier alpha value is -2.38. The molecule has 0 aliphatic heterocycles. The molecule has 0 atom stereocenters. The number of benzene rings is 2. The molecular weight excluding hydrogens is 438 g/mol. The first kappa shape index (κ1) is 20.4. The normalized spacial score (nSPS) is 12.3. The summed E-state index contributed by atoms with van der Waals surface area (Å²) in [5, 5.41) is 6.97. The van der Waals surface area contributed by atoms with Crippen LogP contribution in [0.2, 0.25) is 0 Å². The summed E-state index contributed by atoms with van der Waals surface area (Å²) in [6, 6.07) is 14.0. The lowest BCUT2D eigenvalue weighted by molar-refractivity contribution is 0.355. The van der Waals surface area contributed by atoms with Crippen LogP contribution in [0.1, 0.15) is 19.4 Å². The van der Waals surface area contributed by atoms with Gasteiger partial charge in [0.25, 0.3) is 0 Å². The van der Waals surface area contributed by atoms with E-state index in [9.17, 15) is 0 Å². The van der Waals surface area contributed by atoms with Crippen molar-refractivity contribution >= 4 is 33.0 Å². The van der Waals surface area contributed by atoms with Gasteiger partial charge in [-0.05, 0) is 44.2 Å². The summed E-state index contributed by atoms with van der Waals surface area (Å²) in [5.74, 6) is 1.37. The molecule has 28 heavy (non-hydrogen) atoms. The fourth-order valence-electron chi connectivity index (χ4n) is 2.73. The van der Waals surface area contributed by atoms with Gasteiger partial charge in [-0.2, -0.15) is 5.10 Å². The van der Waals surface area contributed by atoms with E-state index in [-0.39, 0.29) is 0 Å². The van der Waals surface area contributed by atoms with Gasteiger partial charge in [0.05, 0.1) is 25.6 Å². The SMILES string of the molecule is CCN=c1scc(-c2ccc(Br)cc2)n1N=C(C)c1ccc(OC)c(OC)c1. The Kier molecular flexibility index (Phi) is 6.70. The smallest absolute Gasteiger partial charge is 0.206 e. The summed E-state index contributed by atoms with van der Waals surface area (Å²) < 4.78 is 13.7. The molecule has 3 rings (SSSR count). The second kappa shape index (κ2) is 9.21. The number of halogens is 1. The van der Waals surface area contributed by atoms with Crippen molar-refractivity contribution in [3.05, 3.63) is 62.7 Å². The maximum absolute atomic E-state index is 5.42. The van der Waals surface area contributed by atoms with E-state index in [2.05, 4.69) is 38.4 Å². The minimum atomic E-state index is 0.677. The van der Waals surface area contributed by atoms with E-state index in [4.69, 9.17) is 14.6 Å². The fraction of sp³-hybridized carbons (Fsp3) is 0.238. The Morgan fingerprint density at radius 3 is 2.43 bits per heavy atom.